The lowest BCUT2D eigenvalue weighted by molar-refractivity contribution is -0.131. The second kappa shape index (κ2) is 7.73. The van der Waals surface area contributed by atoms with Gasteiger partial charge in [-0.3, -0.25) is 14.8 Å². The third kappa shape index (κ3) is 4.38. The summed E-state index contributed by atoms with van der Waals surface area (Å²) >= 11 is 1.57. The first-order chi connectivity index (χ1) is 8.69. The van der Waals surface area contributed by atoms with E-state index in [-0.39, 0.29) is 5.91 Å². The van der Waals surface area contributed by atoms with Gasteiger partial charge in [-0.25, -0.2) is 5.48 Å². The first-order valence-corrected chi connectivity index (χ1v) is 6.87. The van der Waals surface area contributed by atoms with Crippen LogP contribution in [0.2, 0.25) is 0 Å². The SMILES string of the molecule is CSCC[C@@H](NC(=O)c1ccccc1)C(=O)NO. The van der Waals surface area contributed by atoms with Crippen LogP contribution in [0.5, 0.6) is 0 Å². The van der Waals surface area contributed by atoms with E-state index in [4.69, 9.17) is 5.21 Å². The summed E-state index contributed by atoms with van der Waals surface area (Å²) in [6.07, 6.45) is 2.37. The van der Waals surface area contributed by atoms with Crippen molar-refractivity contribution >= 4 is 23.6 Å². The minimum absolute atomic E-state index is 0.328. The normalized spacial score (nSPS) is 11.7. The van der Waals surface area contributed by atoms with Gasteiger partial charge in [0.15, 0.2) is 0 Å². The predicted octanol–water partition coefficient (Wildman–Crippen LogP) is 1.04. The number of rotatable bonds is 6. The van der Waals surface area contributed by atoms with E-state index in [1.807, 2.05) is 12.3 Å². The maximum Gasteiger partial charge on any atom is 0.265 e. The third-order valence-corrected chi connectivity index (χ3v) is 3.02. The molecule has 5 nitrogen and oxygen atoms in total. The number of benzene rings is 1. The average Bonchev–Trinajstić information content (AvgIpc) is 2.43. The van der Waals surface area contributed by atoms with Gasteiger partial charge in [-0.2, -0.15) is 11.8 Å². The van der Waals surface area contributed by atoms with E-state index in [0.717, 1.165) is 0 Å². The van der Waals surface area contributed by atoms with E-state index in [9.17, 15) is 9.59 Å². The van der Waals surface area contributed by atoms with Gasteiger partial charge in [0.05, 0.1) is 0 Å². The molecule has 0 saturated heterocycles. The maximum atomic E-state index is 11.9. The molecule has 0 aliphatic heterocycles. The maximum absolute atomic E-state index is 11.9. The Morgan fingerprint density at radius 2 is 2.00 bits per heavy atom. The summed E-state index contributed by atoms with van der Waals surface area (Å²) in [5.41, 5.74) is 2.05. The second-order valence-corrected chi connectivity index (χ2v) is 4.64. The second-order valence-electron chi connectivity index (χ2n) is 3.65. The first-order valence-electron chi connectivity index (χ1n) is 5.48. The van der Waals surface area contributed by atoms with Crippen molar-refractivity contribution in [1.29, 1.82) is 0 Å². The summed E-state index contributed by atoms with van der Waals surface area (Å²) < 4.78 is 0. The highest BCUT2D eigenvalue weighted by Gasteiger charge is 2.20. The molecule has 0 aliphatic carbocycles. The number of amides is 2. The van der Waals surface area contributed by atoms with Gasteiger partial charge >= 0.3 is 0 Å². The van der Waals surface area contributed by atoms with Gasteiger partial charge in [0.1, 0.15) is 6.04 Å². The van der Waals surface area contributed by atoms with Crippen molar-refractivity contribution in [3.05, 3.63) is 35.9 Å². The molecule has 0 bridgehead atoms. The molecule has 3 N–H and O–H groups in total. The van der Waals surface area contributed by atoms with Gasteiger partial charge in [-0.1, -0.05) is 18.2 Å². The third-order valence-electron chi connectivity index (χ3n) is 2.38. The van der Waals surface area contributed by atoms with Crippen LogP contribution in [0.3, 0.4) is 0 Å². The van der Waals surface area contributed by atoms with Crippen LogP contribution in [0.4, 0.5) is 0 Å². The molecule has 1 aromatic rings. The van der Waals surface area contributed by atoms with Gasteiger partial charge in [0.25, 0.3) is 11.8 Å². The van der Waals surface area contributed by atoms with E-state index < -0.39 is 11.9 Å². The standard InChI is InChI=1S/C12H16N2O3S/c1-18-8-7-10(12(16)14-17)13-11(15)9-5-3-2-4-6-9/h2-6,10,17H,7-8H2,1H3,(H,13,15)(H,14,16)/t10-/m1/s1. The lowest BCUT2D eigenvalue weighted by Gasteiger charge is -2.16. The number of hydrogen-bond acceptors (Lipinski definition) is 4. The fourth-order valence-corrected chi connectivity index (χ4v) is 1.88. The first kappa shape index (κ1) is 14.5. The summed E-state index contributed by atoms with van der Waals surface area (Å²) in [6, 6.07) is 7.91. The van der Waals surface area contributed by atoms with Crippen molar-refractivity contribution in [2.75, 3.05) is 12.0 Å². The Bertz CT molecular complexity index is 398. The Morgan fingerprint density at radius 1 is 1.33 bits per heavy atom. The molecule has 1 rings (SSSR count). The smallest absolute Gasteiger partial charge is 0.265 e. The summed E-state index contributed by atoms with van der Waals surface area (Å²) in [5.74, 6) is -0.216. The van der Waals surface area contributed by atoms with Crippen molar-refractivity contribution in [3.63, 3.8) is 0 Å². The van der Waals surface area contributed by atoms with Gasteiger partial charge in [-0.15, -0.1) is 0 Å². The summed E-state index contributed by atoms with van der Waals surface area (Å²) in [4.78, 5) is 23.3. The molecule has 2 amide bonds. The number of carbonyl (C=O) groups excluding carboxylic acids is 2. The molecule has 1 atom stereocenters. The average molecular weight is 268 g/mol. The number of hydroxylamine groups is 1. The molecule has 1 aromatic carbocycles. The zero-order valence-corrected chi connectivity index (χ0v) is 10.9. The Balaban J connectivity index is 2.65. The van der Waals surface area contributed by atoms with Gasteiger partial charge in [0.2, 0.25) is 0 Å². The molecule has 0 saturated carbocycles. The molecule has 0 heterocycles. The summed E-state index contributed by atoms with van der Waals surface area (Å²) in [6.45, 7) is 0. The molecule has 6 heteroatoms. The number of carbonyl (C=O) groups is 2. The van der Waals surface area contributed by atoms with Crippen LogP contribution in [0, 0.1) is 0 Å². The van der Waals surface area contributed by atoms with Gasteiger partial charge in [0, 0.05) is 5.56 Å². The molecule has 0 aromatic heterocycles. The van der Waals surface area contributed by atoms with Crippen LogP contribution in [0.1, 0.15) is 16.8 Å². The monoisotopic (exact) mass is 268 g/mol. The van der Waals surface area contributed by atoms with Crippen LogP contribution >= 0.6 is 11.8 Å². The highest BCUT2D eigenvalue weighted by molar-refractivity contribution is 7.98. The Morgan fingerprint density at radius 3 is 2.56 bits per heavy atom. The Hall–Kier alpha value is -1.53. The Kier molecular flexibility index (Phi) is 6.24. The van der Waals surface area contributed by atoms with Crippen molar-refractivity contribution < 1.29 is 14.8 Å². The number of thioether (sulfide) groups is 1. The molecule has 18 heavy (non-hydrogen) atoms. The molecular weight excluding hydrogens is 252 g/mol. The molecular formula is C12H16N2O3S. The van der Waals surface area contributed by atoms with Crippen LogP contribution in [0.25, 0.3) is 0 Å². The van der Waals surface area contributed by atoms with Crippen molar-refractivity contribution in [2.45, 2.75) is 12.5 Å². The molecule has 0 unspecified atom stereocenters. The quantitative estimate of drug-likeness (QED) is 0.532. The Labute approximate surface area is 110 Å². The van der Waals surface area contributed by atoms with Gasteiger partial charge < -0.3 is 5.32 Å². The molecule has 98 valence electrons. The van der Waals surface area contributed by atoms with E-state index in [1.54, 1.807) is 41.5 Å². The van der Waals surface area contributed by atoms with E-state index >= 15 is 0 Å². The van der Waals surface area contributed by atoms with Crippen molar-refractivity contribution in [2.24, 2.45) is 0 Å². The molecule has 0 aliphatic rings. The van der Waals surface area contributed by atoms with Crippen LogP contribution in [0.15, 0.2) is 30.3 Å². The zero-order valence-electron chi connectivity index (χ0n) is 10.1. The van der Waals surface area contributed by atoms with E-state index in [0.29, 0.717) is 17.7 Å². The zero-order chi connectivity index (χ0) is 13.4. The highest BCUT2D eigenvalue weighted by atomic mass is 32.2. The fraction of sp³-hybridized carbons (Fsp3) is 0.333. The summed E-state index contributed by atoms with van der Waals surface area (Å²) in [7, 11) is 0. The number of nitrogens with one attached hydrogen (secondary N) is 2. The van der Waals surface area contributed by atoms with Crippen molar-refractivity contribution in [3.8, 4) is 0 Å². The number of hydrogen-bond donors (Lipinski definition) is 3. The largest absolute Gasteiger partial charge is 0.340 e. The highest BCUT2D eigenvalue weighted by Crippen LogP contribution is 2.04. The van der Waals surface area contributed by atoms with Gasteiger partial charge in [-0.05, 0) is 30.6 Å². The molecule has 0 radical (unpaired) electrons. The molecule has 0 fully saturated rings. The van der Waals surface area contributed by atoms with Crippen LogP contribution in [-0.4, -0.2) is 35.1 Å². The van der Waals surface area contributed by atoms with Crippen LogP contribution < -0.4 is 10.8 Å². The minimum atomic E-state index is -0.727. The van der Waals surface area contributed by atoms with Crippen LogP contribution in [-0.2, 0) is 4.79 Å². The summed E-state index contributed by atoms with van der Waals surface area (Å²) in [5, 5.41) is 11.2. The fourth-order valence-electron chi connectivity index (χ4n) is 1.41. The van der Waals surface area contributed by atoms with E-state index in [1.165, 1.54) is 0 Å². The van der Waals surface area contributed by atoms with Crippen molar-refractivity contribution in [1.82, 2.24) is 10.8 Å². The van der Waals surface area contributed by atoms with E-state index in [2.05, 4.69) is 5.32 Å². The topological polar surface area (TPSA) is 78.4 Å². The lowest BCUT2D eigenvalue weighted by Crippen LogP contribution is -2.46. The lowest BCUT2D eigenvalue weighted by atomic mass is 10.1. The minimum Gasteiger partial charge on any atom is -0.340 e. The molecule has 0 spiro atoms. The predicted molar refractivity (Wildman–Crippen MR) is 70.6 cm³/mol.